The average molecular weight is 442 g/mol. The molecular weight excluding hydrogens is 420 g/mol. The van der Waals surface area contributed by atoms with Crippen molar-refractivity contribution in [3.63, 3.8) is 0 Å². The average Bonchev–Trinajstić information content (AvgIpc) is 3.27. The summed E-state index contributed by atoms with van der Waals surface area (Å²) in [6.07, 6.45) is 1.57. The van der Waals surface area contributed by atoms with Crippen LogP contribution in [0.1, 0.15) is 30.9 Å². The second-order valence-electron chi connectivity index (χ2n) is 7.70. The number of ketones is 1. The van der Waals surface area contributed by atoms with Crippen LogP contribution in [-0.4, -0.2) is 39.6 Å². The molecule has 0 N–H and O–H groups in total. The molecule has 1 atom stereocenters. The Hall–Kier alpha value is -4.20. The molecule has 8 heteroatoms. The lowest BCUT2D eigenvalue weighted by atomic mass is 9.82. The molecule has 0 saturated carbocycles. The van der Waals surface area contributed by atoms with Gasteiger partial charge in [-0.25, -0.2) is 14.5 Å². The van der Waals surface area contributed by atoms with E-state index in [1.165, 1.54) is 0 Å². The second kappa shape index (κ2) is 8.05. The number of fused-ring (bicyclic) bond motifs is 3. The van der Waals surface area contributed by atoms with Gasteiger partial charge in [0, 0.05) is 11.5 Å². The largest absolute Gasteiger partial charge is 0.497 e. The van der Waals surface area contributed by atoms with E-state index in [4.69, 9.17) is 19.2 Å². The zero-order chi connectivity index (χ0) is 23.1. The third kappa shape index (κ3) is 3.40. The molecule has 0 fully saturated rings. The number of benzene rings is 2. The predicted octanol–water partition coefficient (Wildman–Crippen LogP) is 4.20. The van der Waals surface area contributed by atoms with E-state index in [9.17, 15) is 4.79 Å². The molecule has 8 nitrogen and oxygen atoms in total. The minimum Gasteiger partial charge on any atom is -0.497 e. The number of para-hydroxylation sites is 1. The quantitative estimate of drug-likeness (QED) is 0.458. The third-order valence-corrected chi connectivity index (χ3v) is 5.77. The summed E-state index contributed by atoms with van der Waals surface area (Å²) in [7, 11) is 3.23. The molecule has 0 spiro atoms. The topological polar surface area (TPSA) is 87.8 Å². The number of carbonyl (C=O) groups is 1. The number of aromatic nitrogens is 4. The lowest BCUT2D eigenvalue weighted by Crippen LogP contribution is -2.22. The molecule has 33 heavy (non-hydrogen) atoms. The molecule has 0 aliphatic carbocycles. The van der Waals surface area contributed by atoms with E-state index in [0.29, 0.717) is 40.0 Å². The summed E-state index contributed by atoms with van der Waals surface area (Å²) in [5.74, 6) is 2.33. The van der Waals surface area contributed by atoms with Crippen molar-refractivity contribution >= 4 is 11.4 Å². The van der Waals surface area contributed by atoms with Crippen molar-refractivity contribution in [3.05, 3.63) is 77.3 Å². The van der Waals surface area contributed by atoms with Crippen molar-refractivity contribution in [2.24, 2.45) is 0 Å². The predicted molar refractivity (Wildman–Crippen MR) is 122 cm³/mol. The molecule has 0 bridgehead atoms. The van der Waals surface area contributed by atoms with Gasteiger partial charge in [0.1, 0.15) is 23.6 Å². The molecule has 0 unspecified atom stereocenters. The highest BCUT2D eigenvalue weighted by Crippen LogP contribution is 2.44. The molecule has 2 aromatic carbocycles. The van der Waals surface area contributed by atoms with Crippen molar-refractivity contribution in [1.82, 2.24) is 19.6 Å². The fourth-order valence-electron chi connectivity index (χ4n) is 4.27. The molecular formula is C25H22N4O4. The SMILES string of the molecule is COc1ccc([C@@H]2C(C(C)=O)=C(C)Oc3ncn4nc(-c5ccccc5OC)nc4c32)cc1. The van der Waals surface area contributed by atoms with Gasteiger partial charge in [-0.3, -0.25) is 4.79 Å². The van der Waals surface area contributed by atoms with E-state index >= 15 is 0 Å². The van der Waals surface area contributed by atoms with Crippen molar-refractivity contribution in [2.75, 3.05) is 14.2 Å². The van der Waals surface area contributed by atoms with E-state index in [1.54, 1.807) is 38.9 Å². The van der Waals surface area contributed by atoms with E-state index in [-0.39, 0.29) is 5.78 Å². The fourth-order valence-corrected chi connectivity index (χ4v) is 4.27. The lowest BCUT2D eigenvalue weighted by molar-refractivity contribution is -0.114. The Balaban J connectivity index is 1.76. The summed E-state index contributed by atoms with van der Waals surface area (Å²) in [6, 6.07) is 15.2. The van der Waals surface area contributed by atoms with Gasteiger partial charge in [0.2, 0.25) is 5.88 Å². The molecule has 1 aliphatic rings. The minimum atomic E-state index is -0.414. The minimum absolute atomic E-state index is 0.0783. The van der Waals surface area contributed by atoms with Gasteiger partial charge < -0.3 is 14.2 Å². The highest BCUT2D eigenvalue weighted by molar-refractivity contribution is 5.97. The summed E-state index contributed by atoms with van der Waals surface area (Å²) >= 11 is 0. The number of Topliss-reactive ketones (excluding diaryl/α,β-unsaturated/α-hetero) is 1. The summed E-state index contributed by atoms with van der Waals surface area (Å²) in [5.41, 5.74) is 3.47. The van der Waals surface area contributed by atoms with Crippen LogP contribution in [0.4, 0.5) is 0 Å². The van der Waals surface area contributed by atoms with Gasteiger partial charge in [-0.2, -0.15) is 0 Å². The van der Waals surface area contributed by atoms with Crippen LogP contribution in [0.15, 0.2) is 66.2 Å². The molecule has 0 radical (unpaired) electrons. The Morgan fingerprint density at radius 1 is 1.06 bits per heavy atom. The number of hydrogen-bond acceptors (Lipinski definition) is 7. The van der Waals surface area contributed by atoms with Crippen molar-refractivity contribution in [1.29, 1.82) is 0 Å². The standard InChI is InChI=1S/C25H22N4O4/c1-14(30)20-15(2)33-25-22(21(20)16-9-11-17(31-3)12-10-16)24-27-23(28-29(24)13-26-25)18-7-5-6-8-19(18)32-4/h5-13,21H,1-4H3/t21-/m1/s1. The van der Waals surface area contributed by atoms with Gasteiger partial charge in [0.25, 0.3) is 0 Å². The monoisotopic (exact) mass is 442 g/mol. The maximum absolute atomic E-state index is 12.7. The molecule has 2 aromatic heterocycles. The van der Waals surface area contributed by atoms with E-state index in [0.717, 1.165) is 16.9 Å². The van der Waals surface area contributed by atoms with Crippen LogP contribution in [0.3, 0.4) is 0 Å². The van der Waals surface area contributed by atoms with Gasteiger partial charge in [0.05, 0.1) is 25.3 Å². The molecule has 166 valence electrons. The Morgan fingerprint density at radius 3 is 2.52 bits per heavy atom. The summed E-state index contributed by atoms with van der Waals surface area (Å²) in [5, 5.41) is 4.63. The molecule has 1 aliphatic heterocycles. The number of allylic oxidation sites excluding steroid dienone is 2. The van der Waals surface area contributed by atoms with Crippen LogP contribution in [0.25, 0.3) is 17.0 Å². The number of hydrogen-bond donors (Lipinski definition) is 0. The van der Waals surface area contributed by atoms with Crippen molar-refractivity contribution in [3.8, 4) is 28.8 Å². The van der Waals surface area contributed by atoms with Gasteiger partial charge in [-0.15, -0.1) is 5.10 Å². The molecule has 0 saturated heterocycles. The summed E-state index contributed by atoms with van der Waals surface area (Å²) in [6.45, 7) is 3.33. The molecule has 0 amide bonds. The first-order valence-electron chi connectivity index (χ1n) is 10.4. The lowest BCUT2D eigenvalue weighted by Gasteiger charge is -2.28. The van der Waals surface area contributed by atoms with Crippen LogP contribution in [0, 0.1) is 0 Å². The van der Waals surface area contributed by atoms with Crippen LogP contribution >= 0.6 is 0 Å². The highest BCUT2D eigenvalue weighted by atomic mass is 16.5. The van der Waals surface area contributed by atoms with Crippen LogP contribution in [0.2, 0.25) is 0 Å². The van der Waals surface area contributed by atoms with E-state index < -0.39 is 5.92 Å². The van der Waals surface area contributed by atoms with E-state index in [1.807, 2.05) is 48.5 Å². The first kappa shape index (κ1) is 20.7. The summed E-state index contributed by atoms with van der Waals surface area (Å²) in [4.78, 5) is 22.0. The second-order valence-corrected chi connectivity index (χ2v) is 7.70. The van der Waals surface area contributed by atoms with Crippen LogP contribution in [-0.2, 0) is 4.79 Å². The number of rotatable bonds is 5. The molecule has 3 heterocycles. The Labute approximate surface area is 190 Å². The van der Waals surface area contributed by atoms with Gasteiger partial charge in [-0.1, -0.05) is 24.3 Å². The normalized spacial score (nSPS) is 15.2. The third-order valence-electron chi connectivity index (χ3n) is 5.77. The maximum Gasteiger partial charge on any atom is 0.228 e. The van der Waals surface area contributed by atoms with Gasteiger partial charge in [-0.05, 0) is 43.7 Å². The van der Waals surface area contributed by atoms with E-state index in [2.05, 4.69) is 10.1 Å². The Kier molecular flexibility index (Phi) is 5.05. The smallest absolute Gasteiger partial charge is 0.228 e. The number of ether oxygens (including phenoxy) is 3. The van der Waals surface area contributed by atoms with Gasteiger partial charge in [0.15, 0.2) is 17.3 Å². The zero-order valence-electron chi connectivity index (χ0n) is 18.7. The zero-order valence-corrected chi connectivity index (χ0v) is 18.7. The van der Waals surface area contributed by atoms with Crippen molar-refractivity contribution in [2.45, 2.75) is 19.8 Å². The van der Waals surface area contributed by atoms with Crippen LogP contribution < -0.4 is 14.2 Å². The summed E-state index contributed by atoms with van der Waals surface area (Å²) < 4.78 is 18.4. The highest BCUT2D eigenvalue weighted by Gasteiger charge is 2.36. The number of methoxy groups -OCH3 is 2. The molecule has 4 aromatic rings. The van der Waals surface area contributed by atoms with Crippen LogP contribution in [0.5, 0.6) is 17.4 Å². The number of nitrogens with zero attached hydrogens (tertiary/aromatic N) is 4. The molecule has 5 rings (SSSR count). The first-order chi connectivity index (χ1) is 16.0. The maximum atomic E-state index is 12.7. The number of carbonyl (C=O) groups excluding carboxylic acids is 1. The van der Waals surface area contributed by atoms with Gasteiger partial charge >= 0.3 is 0 Å². The van der Waals surface area contributed by atoms with Crippen molar-refractivity contribution < 1.29 is 19.0 Å². The Morgan fingerprint density at radius 2 is 1.82 bits per heavy atom. The fraction of sp³-hybridized carbons (Fsp3) is 0.200. The Bertz CT molecular complexity index is 1410. The first-order valence-corrected chi connectivity index (χ1v) is 10.4.